The van der Waals surface area contributed by atoms with Gasteiger partial charge in [-0.15, -0.1) is 11.8 Å². The number of rotatable bonds is 1. The molecule has 1 rings (SSSR count). The molecule has 9 heavy (non-hydrogen) atoms. The van der Waals surface area contributed by atoms with E-state index in [4.69, 9.17) is 0 Å². The van der Waals surface area contributed by atoms with Gasteiger partial charge < -0.3 is 0 Å². The molecule has 50 valence electrons. The zero-order valence-corrected chi connectivity index (χ0v) is 6.61. The van der Waals surface area contributed by atoms with Crippen LogP contribution in [-0.4, -0.2) is 10.3 Å². The summed E-state index contributed by atoms with van der Waals surface area (Å²) in [7, 11) is 0. The zero-order valence-electron chi connectivity index (χ0n) is 5.79. The molecule has 1 nitrogen and oxygen atoms in total. The van der Waals surface area contributed by atoms with Gasteiger partial charge in [0.05, 0.1) is 5.04 Å². The number of thioether (sulfide) groups is 1. The van der Waals surface area contributed by atoms with Gasteiger partial charge in [0.15, 0.2) is 0 Å². The lowest BCUT2D eigenvalue weighted by Crippen LogP contribution is -2.01. The van der Waals surface area contributed by atoms with Crippen LogP contribution in [0.15, 0.2) is 17.3 Å². The van der Waals surface area contributed by atoms with E-state index in [0.717, 1.165) is 6.42 Å². The van der Waals surface area contributed by atoms with Gasteiger partial charge >= 0.3 is 0 Å². The van der Waals surface area contributed by atoms with E-state index in [1.807, 2.05) is 18.0 Å². The van der Waals surface area contributed by atoms with Gasteiger partial charge in [-0.25, -0.2) is 0 Å². The predicted molar refractivity (Wildman–Crippen MR) is 43.9 cm³/mol. The first-order chi connectivity index (χ1) is 4.33. The monoisotopic (exact) mass is 141 g/mol. The smallest absolute Gasteiger partial charge is 0.0734 e. The van der Waals surface area contributed by atoms with Crippen molar-refractivity contribution in [3.63, 3.8) is 0 Å². The quantitative estimate of drug-likeness (QED) is 0.546. The molecule has 0 N–H and O–H groups in total. The molecular formula is C7H11NS. The van der Waals surface area contributed by atoms with E-state index >= 15 is 0 Å². The average Bonchev–Trinajstić information content (AvgIpc) is 1.88. The summed E-state index contributed by atoms with van der Waals surface area (Å²) < 4.78 is 0. The Hall–Kier alpha value is -0.240. The lowest BCUT2D eigenvalue weighted by molar-refractivity contribution is 1.21. The number of hydrogen-bond donors (Lipinski definition) is 0. The van der Waals surface area contributed by atoms with Crippen molar-refractivity contribution < 1.29 is 0 Å². The Kier molecular flexibility index (Phi) is 2.34. The first-order valence-corrected chi connectivity index (χ1v) is 4.11. The second kappa shape index (κ2) is 3.06. The Bertz CT molecular complexity index is 149. The van der Waals surface area contributed by atoms with Crippen molar-refractivity contribution in [2.24, 2.45) is 4.99 Å². The lowest BCUT2D eigenvalue weighted by atomic mass is 10.4. The first kappa shape index (κ1) is 6.87. The van der Waals surface area contributed by atoms with Crippen LogP contribution in [0.2, 0.25) is 0 Å². The summed E-state index contributed by atoms with van der Waals surface area (Å²) in [6, 6.07) is 0. The molecule has 1 unspecified atom stereocenters. The minimum atomic E-state index is 0.623. The molecule has 1 aliphatic heterocycles. The first-order valence-electron chi connectivity index (χ1n) is 3.23. The molecule has 0 radical (unpaired) electrons. The third kappa shape index (κ3) is 1.86. The third-order valence-electron chi connectivity index (χ3n) is 1.20. The molecule has 0 aromatic heterocycles. The molecule has 0 amide bonds. The largest absolute Gasteiger partial charge is 0.255 e. The third-order valence-corrected chi connectivity index (χ3v) is 2.40. The van der Waals surface area contributed by atoms with Crippen LogP contribution in [0.1, 0.15) is 20.3 Å². The molecule has 0 aromatic carbocycles. The van der Waals surface area contributed by atoms with E-state index in [1.54, 1.807) is 0 Å². The summed E-state index contributed by atoms with van der Waals surface area (Å²) in [5.41, 5.74) is 0. The molecule has 0 saturated carbocycles. The average molecular weight is 141 g/mol. The fraction of sp³-hybridized carbons (Fsp3) is 0.571. The predicted octanol–water partition coefficient (Wildman–Crippen LogP) is 2.44. The summed E-state index contributed by atoms with van der Waals surface area (Å²) in [4.78, 5) is 4.20. The van der Waals surface area contributed by atoms with Gasteiger partial charge in [0, 0.05) is 11.4 Å². The number of nitrogens with zero attached hydrogens (tertiary/aromatic N) is 1. The van der Waals surface area contributed by atoms with Gasteiger partial charge in [-0.3, -0.25) is 4.99 Å². The minimum Gasteiger partial charge on any atom is -0.255 e. The van der Waals surface area contributed by atoms with E-state index in [9.17, 15) is 0 Å². The zero-order chi connectivity index (χ0) is 6.69. The number of aliphatic imine (C=N–C) groups is 1. The topological polar surface area (TPSA) is 12.4 Å². The Balaban J connectivity index is 2.55. The van der Waals surface area contributed by atoms with Crippen molar-refractivity contribution in [1.29, 1.82) is 0 Å². The maximum atomic E-state index is 4.20. The van der Waals surface area contributed by atoms with Crippen molar-refractivity contribution in [3.05, 3.63) is 12.3 Å². The highest BCUT2D eigenvalue weighted by Gasteiger charge is 2.05. The molecule has 0 saturated heterocycles. The van der Waals surface area contributed by atoms with Crippen LogP contribution in [0.4, 0.5) is 0 Å². The molecule has 0 bridgehead atoms. The second-order valence-electron chi connectivity index (χ2n) is 2.04. The maximum absolute atomic E-state index is 4.20. The maximum Gasteiger partial charge on any atom is 0.0734 e. The highest BCUT2D eigenvalue weighted by molar-refractivity contribution is 8.14. The Morgan fingerprint density at radius 2 is 2.56 bits per heavy atom. The normalized spacial score (nSPS) is 26.0. The second-order valence-corrected chi connectivity index (χ2v) is 3.49. The van der Waals surface area contributed by atoms with Crippen LogP contribution in [-0.2, 0) is 0 Å². The van der Waals surface area contributed by atoms with Gasteiger partial charge in [-0.2, -0.15) is 0 Å². The highest BCUT2D eigenvalue weighted by Crippen LogP contribution is 2.19. The van der Waals surface area contributed by atoms with Gasteiger partial charge in [0.1, 0.15) is 0 Å². The van der Waals surface area contributed by atoms with Crippen LogP contribution in [0.3, 0.4) is 0 Å². The summed E-state index contributed by atoms with van der Waals surface area (Å²) in [5.74, 6) is 0. The molecule has 1 heterocycles. The van der Waals surface area contributed by atoms with Crippen LogP contribution in [0, 0.1) is 0 Å². The minimum absolute atomic E-state index is 0.623. The van der Waals surface area contributed by atoms with Gasteiger partial charge in [0.2, 0.25) is 0 Å². The fourth-order valence-electron chi connectivity index (χ4n) is 0.706. The van der Waals surface area contributed by atoms with Crippen molar-refractivity contribution in [3.8, 4) is 0 Å². The fourth-order valence-corrected chi connectivity index (χ4v) is 1.57. The van der Waals surface area contributed by atoms with E-state index < -0.39 is 0 Å². The van der Waals surface area contributed by atoms with Crippen LogP contribution in [0.5, 0.6) is 0 Å². The van der Waals surface area contributed by atoms with Crippen molar-refractivity contribution in [2.75, 3.05) is 0 Å². The van der Waals surface area contributed by atoms with E-state index in [0.29, 0.717) is 5.25 Å². The van der Waals surface area contributed by atoms with E-state index in [1.165, 1.54) is 5.04 Å². The van der Waals surface area contributed by atoms with Crippen LogP contribution in [0.25, 0.3) is 0 Å². The lowest BCUT2D eigenvalue weighted by Gasteiger charge is -2.09. The van der Waals surface area contributed by atoms with Crippen molar-refractivity contribution in [1.82, 2.24) is 0 Å². The number of hydrogen-bond acceptors (Lipinski definition) is 2. The Morgan fingerprint density at radius 3 is 3.00 bits per heavy atom. The SMILES string of the molecule is CCC1=NC=CC(C)S1. The molecular weight excluding hydrogens is 130 g/mol. The van der Waals surface area contributed by atoms with Gasteiger partial charge in [0.25, 0.3) is 0 Å². The molecule has 0 aliphatic carbocycles. The highest BCUT2D eigenvalue weighted by atomic mass is 32.2. The van der Waals surface area contributed by atoms with Crippen LogP contribution < -0.4 is 0 Å². The summed E-state index contributed by atoms with van der Waals surface area (Å²) in [5, 5.41) is 1.88. The van der Waals surface area contributed by atoms with Crippen molar-refractivity contribution in [2.45, 2.75) is 25.5 Å². The van der Waals surface area contributed by atoms with Gasteiger partial charge in [-0.05, 0) is 13.3 Å². The van der Waals surface area contributed by atoms with E-state index in [-0.39, 0.29) is 0 Å². The molecule has 2 heteroatoms. The molecule has 0 fully saturated rings. The summed E-state index contributed by atoms with van der Waals surface area (Å²) in [6.07, 6.45) is 5.09. The summed E-state index contributed by atoms with van der Waals surface area (Å²) >= 11 is 1.85. The standard InChI is InChI=1S/C7H11NS/c1-3-7-8-5-4-6(2)9-7/h4-6H,3H2,1-2H3. The Labute approximate surface area is 60.3 Å². The summed E-state index contributed by atoms with van der Waals surface area (Å²) in [6.45, 7) is 4.32. The molecule has 0 aromatic rings. The molecule has 1 atom stereocenters. The van der Waals surface area contributed by atoms with Crippen LogP contribution >= 0.6 is 11.8 Å². The Morgan fingerprint density at radius 1 is 1.78 bits per heavy atom. The van der Waals surface area contributed by atoms with Crippen molar-refractivity contribution >= 4 is 16.8 Å². The van der Waals surface area contributed by atoms with E-state index in [2.05, 4.69) is 24.9 Å². The molecule has 1 aliphatic rings. The molecule has 0 spiro atoms. The van der Waals surface area contributed by atoms with Gasteiger partial charge in [-0.1, -0.05) is 13.0 Å².